The van der Waals surface area contributed by atoms with Gasteiger partial charge in [0, 0.05) is 12.2 Å². The number of nitrogens with two attached hydrogens (primary N) is 1. The summed E-state index contributed by atoms with van der Waals surface area (Å²) in [6, 6.07) is 1.20. The zero-order chi connectivity index (χ0) is 13.2. The number of hydrogen-bond acceptors (Lipinski definition) is 3. The van der Waals surface area contributed by atoms with Gasteiger partial charge in [-0.3, -0.25) is 0 Å². The molecule has 1 aromatic heterocycles. The molecule has 96 valence electrons. The van der Waals surface area contributed by atoms with E-state index in [-0.39, 0.29) is 17.8 Å². The van der Waals surface area contributed by atoms with Gasteiger partial charge in [-0.2, -0.15) is 0 Å². The van der Waals surface area contributed by atoms with E-state index < -0.39 is 24.2 Å². The first kappa shape index (κ1) is 13.6. The number of hydrogen-bond donors (Lipinski definition) is 1. The first-order valence-corrected chi connectivity index (χ1v) is 4.49. The lowest BCUT2D eigenvalue weighted by Crippen LogP contribution is -2.20. The molecule has 3 nitrogen and oxygen atoms in total. The maximum absolute atomic E-state index is 12.6. The van der Waals surface area contributed by atoms with E-state index in [1.54, 1.807) is 0 Å². The van der Waals surface area contributed by atoms with Gasteiger partial charge in [0.25, 0.3) is 6.43 Å². The zero-order valence-electron chi connectivity index (χ0n) is 8.68. The van der Waals surface area contributed by atoms with Crippen LogP contribution in [-0.4, -0.2) is 11.3 Å². The van der Waals surface area contributed by atoms with Gasteiger partial charge in [-0.15, -0.1) is 13.2 Å². The normalized spacial score (nSPS) is 12.0. The van der Waals surface area contributed by atoms with Crippen molar-refractivity contribution in [2.45, 2.75) is 26.3 Å². The largest absolute Gasteiger partial charge is 0.574 e. The van der Waals surface area contributed by atoms with Crippen LogP contribution in [0.4, 0.5) is 22.0 Å². The summed E-state index contributed by atoms with van der Waals surface area (Å²) in [7, 11) is 0. The summed E-state index contributed by atoms with van der Waals surface area (Å²) in [5.74, 6) is -1.15. The molecule has 0 aliphatic heterocycles. The minimum absolute atomic E-state index is 0.119. The number of aromatic nitrogens is 1. The van der Waals surface area contributed by atoms with E-state index in [2.05, 4.69) is 9.72 Å². The highest BCUT2D eigenvalue weighted by atomic mass is 19.4. The van der Waals surface area contributed by atoms with Crippen LogP contribution in [0, 0.1) is 6.92 Å². The Kier molecular flexibility index (Phi) is 3.87. The summed E-state index contributed by atoms with van der Waals surface area (Å²) >= 11 is 0. The standard InChI is InChI=1S/C9H9F5N2O/c1-4-2-5(3-15)6(7(10)11)8(16-4)17-9(12,13)14/h2,7H,3,15H2,1H3. The van der Waals surface area contributed by atoms with Crippen LogP contribution in [0.15, 0.2) is 6.07 Å². The van der Waals surface area contributed by atoms with Crippen molar-refractivity contribution in [1.29, 1.82) is 0 Å². The van der Waals surface area contributed by atoms with Crippen molar-refractivity contribution in [3.8, 4) is 5.88 Å². The second kappa shape index (κ2) is 4.82. The van der Waals surface area contributed by atoms with Gasteiger partial charge in [-0.1, -0.05) is 0 Å². The van der Waals surface area contributed by atoms with Crippen molar-refractivity contribution < 1.29 is 26.7 Å². The fourth-order valence-corrected chi connectivity index (χ4v) is 1.31. The van der Waals surface area contributed by atoms with Crippen molar-refractivity contribution in [3.63, 3.8) is 0 Å². The Morgan fingerprint density at radius 3 is 2.41 bits per heavy atom. The molecule has 1 heterocycles. The average molecular weight is 256 g/mol. The van der Waals surface area contributed by atoms with Crippen molar-refractivity contribution in [2.75, 3.05) is 0 Å². The number of rotatable bonds is 3. The molecule has 0 radical (unpaired) electrons. The highest BCUT2D eigenvalue weighted by molar-refractivity contribution is 5.37. The summed E-state index contributed by atoms with van der Waals surface area (Å²) in [4.78, 5) is 3.31. The first-order chi connectivity index (χ1) is 7.74. The van der Waals surface area contributed by atoms with Crippen LogP contribution < -0.4 is 10.5 Å². The smallest absolute Gasteiger partial charge is 0.387 e. The van der Waals surface area contributed by atoms with Crippen LogP contribution in [0.3, 0.4) is 0 Å². The van der Waals surface area contributed by atoms with Crippen LogP contribution in [0.25, 0.3) is 0 Å². The van der Waals surface area contributed by atoms with Gasteiger partial charge in [-0.05, 0) is 18.6 Å². The molecule has 0 bridgehead atoms. The second-order valence-corrected chi connectivity index (χ2v) is 3.19. The Hall–Kier alpha value is -1.44. The van der Waals surface area contributed by atoms with Gasteiger partial charge in [0.05, 0.1) is 5.56 Å². The van der Waals surface area contributed by atoms with Crippen LogP contribution in [0.2, 0.25) is 0 Å². The number of pyridine rings is 1. The lowest BCUT2D eigenvalue weighted by molar-refractivity contribution is -0.276. The van der Waals surface area contributed by atoms with Crippen molar-refractivity contribution >= 4 is 0 Å². The van der Waals surface area contributed by atoms with Gasteiger partial charge in [0.1, 0.15) is 0 Å². The summed E-state index contributed by atoms with van der Waals surface area (Å²) in [5.41, 5.74) is 4.27. The molecule has 0 aliphatic carbocycles. The third-order valence-electron chi connectivity index (χ3n) is 1.89. The minimum Gasteiger partial charge on any atom is -0.387 e. The van der Waals surface area contributed by atoms with Crippen molar-refractivity contribution in [3.05, 3.63) is 22.9 Å². The predicted octanol–water partition coefficient (Wildman–Crippen LogP) is 2.68. The highest BCUT2D eigenvalue weighted by Crippen LogP contribution is 2.34. The van der Waals surface area contributed by atoms with E-state index in [4.69, 9.17) is 5.73 Å². The maximum Gasteiger partial charge on any atom is 0.574 e. The van der Waals surface area contributed by atoms with E-state index in [0.717, 1.165) is 0 Å². The molecule has 0 saturated carbocycles. The van der Waals surface area contributed by atoms with Gasteiger partial charge in [-0.25, -0.2) is 13.8 Å². The zero-order valence-corrected chi connectivity index (χ0v) is 8.68. The molecule has 17 heavy (non-hydrogen) atoms. The molecule has 1 rings (SSSR count). The molecule has 0 spiro atoms. The van der Waals surface area contributed by atoms with E-state index in [0.29, 0.717) is 0 Å². The van der Waals surface area contributed by atoms with Crippen LogP contribution in [0.1, 0.15) is 23.2 Å². The Morgan fingerprint density at radius 2 is 2.00 bits per heavy atom. The minimum atomic E-state index is -5.07. The molecule has 0 unspecified atom stereocenters. The first-order valence-electron chi connectivity index (χ1n) is 4.49. The molecular formula is C9H9F5N2O. The van der Waals surface area contributed by atoms with Crippen LogP contribution in [0.5, 0.6) is 5.88 Å². The average Bonchev–Trinajstić information content (AvgIpc) is 2.12. The van der Waals surface area contributed by atoms with E-state index in [1.165, 1.54) is 13.0 Å². The summed E-state index contributed by atoms with van der Waals surface area (Å²) in [6.45, 7) is 1.04. The Balaban J connectivity index is 3.30. The molecule has 8 heteroatoms. The highest BCUT2D eigenvalue weighted by Gasteiger charge is 2.35. The molecule has 1 aromatic rings. The maximum atomic E-state index is 12.6. The fraction of sp³-hybridized carbons (Fsp3) is 0.444. The summed E-state index contributed by atoms with van der Waals surface area (Å²) < 4.78 is 64.8. The van der Waals surface area contributed by atoms with Crippen molar-refractivity contribution in [2.24, 2.45) is 5.73 Å². The predicted molar refractivity (Wildman–Crippen MR) is 48.5 cm³/mol. The molecule has 0 saturated heterocycles. The van der Waals surface area contributed by atoms with Gasteiger partial charge in [0.15, 0.2) is 0 Å². The Labute approximate surface area is 93.4 Å². The van der Waals surface area contributed by atoms with Gasteiger partial charge in [0.2, 0.25) is 5.88 Å². The number of ether oxygens (including phenoxy) is 1. The lowest BCUT2D eigenvalue weighted by atomic mass is 10.1. The van der Waals surface area contributed by atoms with Gasteiger partial charge < -0.3 is 10.5 Å². The SMILES string of the molecule is Cc1cc(CN)c(C(F)F)c(OC(F)(F)F)n1. The van der Waals surface area contributed by atoms with Crippen LogP contribution in [-0.2, 0) is 6.54 Å². The fourth-order valence-electron chi connectivity index (χ4n) is 1.31. The molecule has 0 fully saturated rings. The quantitative estimate of drug-likeness (QED) is 0.846. The Morgan fingerprint density at radius 1 is 1.41 bits per heavy atom. The van der Waals surface area contributed by atoms with Gasteiger partial charge >= 0.3 is 6.36 Å². The van der Waals surface area contributed by atoms with Crippen LogP contribution >= 0.6 is 0 Å². The monoisotopic (exact) mass is 256 g/mol. The third kappa shape index (κ3) is 3.52. The van der Waals surface area contributed by atoms with Crippen molar-refractivity contribution in [1.82, 2.24) is 4.98 Å². The molecule has 0 atom stereocenters. The second-order valence-electron chi connectivity index (χ2n) is 3.19. The molecule has 2 N–H and O–H groups in total. The number of halogens is 5. The number of alkyl halides is 5. The van der Waals surface area contributed by atoms with E-state index in [9.17, 15) is 22.0 Å². The number of aryl methyl sites for hydroxylation is 1. The van der Waals surface area contributed by atoms with E-state index >= 15 is 0 Å². The molecule has 0 amide bonds. The summed E-state index contributed by atoms with van der Waals surface area (Å²) in [6.07, 6.45) is -8.21. The van der Waals surface area contributed by atoms with E-state index in [1.807, 2.05) is 0 Å². The molecule has 0 aromatic carbocycles. The lowest BCUT2D eigenvalue weighted by Gasteiger charge is -2.15. The molecular weight excluding hydrogens is 247 g/mol. The molecule has 0 aliphatic rings. The number of nitrogens with zero attached hydrogens (tertiary/aromatic N) is 1. The Bertz CT molecular complexity index is 405. The topological polar surface area (TPSA) is 48.1 Å². The third-order valence-corrected chi connectivity index (χ3v) is 1.89. The summed E-state index contributed by atoms with van der Waals surface area (Å²) in [5, 5.41) is 0.